The summed E-state index contributed by atoms with van der Waals surface area (Å²) in [6, 6.07) is 14.2. The summed E-state index contributed by atoms with van der Waals surface area (Å²) in [5.41, 5.74) is 3.24. The van der Waals surface area contributed by atoms with Crippen LogP contribution in [0.3, 0.4) is 0 Å². The predicted molar refractivity (Wildman–Crippen MR) is 120 cm³/mol. The van der Waals surface area contributed by atoms with E-state index < -0.39 is 11.6 Å². The maximum atomic E-state index is 12.6. The van der Waals surface area contributed by atoms with E-state index in [0.717, 1.165) is 29.7 Å². The Morgan fingerprint density at radius 2 is 1.83 bits per heavy atom. The van der Waals surface area contributed by atoms with E-state index in [1.165, 1.54) is 23.5 Å². The van der Waals surface area contributed by atoms with Crippen molar-refractivity contribution in [1.82, 2.24) is 4.98 Å². The Morgan fingerprint density at radius 3 is 2.50 bits per heavy atom. The fraction of sp³-hybridized carbons (Fsp3) is 0.174. The fourth-order valence-corrected chi connectivity index (χ4v) is 4.18. The molecule has 7 heteroatoms. The average Bonchev–Trinajstić information content (AvgIpc) is 3.24. The second-order valence-corrected chi connectivity index (χ2v) is 7.62. The number of nitrogens with zero attached hydrogens (tertiary/aromatic N) is 2. The van der Waals surface area contributed by atoms with Crippen molar-refractivity contribution < 1.29 is 14.3 Å². The van der Waals surface area contributed by atoms with Gasteiger partial charge in [-0.3, -0.25) is 0 Å². The zero-order chi connectivity index (χ0) is 21.3. The number of carboxylic acid groups (broad SMARTS) is 1. The predicted octanol–water partition coefficient (Wildman–Crippen LogP) is 5.13. The molecule has 152 valence electrons. The zero-order valence-corrected chi connectivity index (χ0v) is 17.4. The molecule has 2 aromatic carbocycles. The number of thiazole rings is 1. The molecule has 0 fully saturated rings. The highest BCUT2D eigenvalue weighted by Gasteiger charge is 2.14. The van der Waals surface area contributed by atoms with Gasteiger partial charge in [-0.1, -0.05) is 12.1 Å². The Kier molecular flexibility index (Phi) is 5.37. The molecular weight excluding hydrogens is 400 g/mol. The smallest absolute Gasteiger partial charge is 0.346 e. The molecule has 30 heavy (non-hydrogen) atoms. The van der Waals surface area contributed by atoms with Gasteiger partial charge in [0, 0.05) is 41.2 Å². The van der Waals surface area contributed by atoms with Crippen LogP contribution >= 0.6 is 11.3 Å². The van der Waals surface area contributed by atoms with Gasteiger partial charge in [-0.05, 0) is 44.2 Å². The van der Waals surface area contributed by atoms with Crippen molar-refractivity contribution in [3.05, 3.63) is 69.9 Å². The number of fused-ring (bicyclic) bond motifs is 1. The van der Waals surface area contributed by atoms with Gasteiger partial charge in [0.05, 0.1) is 16.8 Å². The van der Waals surface area contributed by atoms with Crippen LogP contribution < -0.4 is 10.5 Å². The molecular formula is C23H20N2O4S. The van der Waals surface area contributed by atoms with E-state index in [2.05, 4.69) is 23.7 Å². The lowest BCUT2D eigenvalue weighted by Gasteiger charge is -2.20. The third-order valence-corrected chi connectivity index (χ3v) is 5.89. The highest BCUT2D eigenvalue weighted by Crippen LogP contribution is 2.30. The fourth-order valence-electron chi connectivity index (χ4n) is 3.35. The third kappa shape index (κ3) is 3.71. The summed E-state index contributed by atoms with van der Waals surface area (Å²) in [4.78, 5) is 30.4. The monoisotopic (exact) mass is 420 g/mol. The molecule has 0 amide bonds. The van der Waals surface area contributed by atoms with Gasteiger partial charge >= 0.3 is 11.6 Å². The van der Waals surface area contributed by atoms with Crippen molar-refractivity contribution in [2.24, 2.45) is 0 Å². The maximum Gasteiger partial charge on any atom is 0.346 e. The van der Waals surface area contributed by atoms with Crippen LogP contribution in [0, 0.1) is 0 Å². The van der Waals surface area contributed by atoms with Crippen molar-refractivity contribution in [3.8, 4) is 21.8 Å². The molecule has 0 spiro atoms. The number of hydrogen-bond donors (Lipinski definition) is 1. The Morgan fingerprint density at radius 1 is 1.10 bits per heavy atom. The number of carbonyl (C=O) groups is 1. The quantitative estimate of drug-likeness (QED) is 0.436. The van der Waals surface area contributed by atoms with Gasteiger partial charge in [0.25, 0.3) is 0 Å². The molecule has 0 aliphatic carbocycles. The maximum absolute atomic E-state index is 12.6. The van der Waals surface area contributed by atoms with Crippen LogP contribution in [-0.2, 0) is 0 Å². The lowest BCUT2D eigenvalue weighted by atomic mass is 10.1. The topological polar surface area (TPSA) is 83.6 Å². The second-order valence-electron chi connectivity index (χ2n) is 6.76. The highest BCUT2D eigenvalue weighted by atomic mass is 32.1. The number of hydrogen-bond acceptors (Lipinski definition) is 6. The van der Waals surface area contributed by atoms with Crippen LogP contribution in [0.15, 0.2) is 63.1 Å². The van der Waals surface area contributed by atoms with Crippen molar-refractivity contribution >= 4 is 34.0 Å². The number of anilines is 1. The first-order chi connectivity index (χ1) is 14.5. The van der Waals surface area contributed by atoms with Gasteiger partial charge in [-0.15, -0.1) is 11.3 Å². The molecule has 0 radical (unpaired) electrons. The van der Waals surface area contributed by atoms with Gasteiger partial charge in [0.15, 0.2) is 0 Å². The van der Waals surface area contributed by atoms with E-state index in [-0.39, 0.29) is 5.56 Å². The SMILES string of the molecule is CCN(CC)c1ccc2cc(-c3nc(-c4ccc(C(=O)O)cc4)cs3)c(=O)oc2c1. The molecule has 0 unspecified atom stereocenters. The minimum Gasteiger partial charge on any atom is -0.478 e. The molecule has 0 aliphatic rings. The Labute approximate surface area is 177 Å². The first-order valence-corrected chi connectivity index (χ1v) is 10.5. The van der Waals surface area contributed by atoms with Crippen molar-refractivity contribution in [1.29, 1.82) is 0 Å². The standard InChI is InChI=1S/C23H20N2O4S/c1-3-25(4-2)17-10-9-16-11-18(23(28)29-20(16)12-17)21-24-19(13-30-21)14-5-7-15(8-6-14)22(26)27/h5-13H,3-4H2,1-2H3,(H,26,27). The van der Waals surface area contributed by atoms with Crippen LogP contribution in [-0.4, -0.2) is 29.1 Å². The van der Waals surface area contributed by atoms with E-state index in [0.29, 0.717) is 21.8 Å². The molecule has 0 aliphatic heterocycles. The van der Waals surface area contributed by atoms with Gasteiger partial charge in [-0.25, -0.2) is 14.6 Å². The Balaban J connectivity index is 1.70. The van der Waals surface area contributed by atoms with E-state index in [1.807, 2.05) is 29.6 Å². The van der Waals surface area contributed by atoms with Crippen molar-refractivity contribution in [3.63, 3.8) is 0 Å². The third-order valence-electron chi connectivity index (χ3n) is 5.01. The summed E-state index contributed by atoms with van der Waals surface area (Å²) in [5, 5.41) is 12.3. The Bertz CT molecular complexity index is 1270. The minimum atomic E-state index is -0.974. The molecule has 0 saturated carbocycles. The van der Waals surface area contributed by atoms with E-state index in [1.54, 1.807) is 12.1 Å². The molecule has 4 aromatic rings. The van der Waals surface area contributed by atoms with Crippen LogP contribution in [0.5, 0.6) is 0 Å². The zero-order valence-electron chi connectivity index (χ0n) is 16.6. The van der Waals surface area contributed by atoms with E-state index >= 15 is 0 Å². The molecule has 2 aromatic heterocycles. The average molecular weight is 420 g/mol. The highest BCUT2D eigenvalue weighted by molar-refractivity contribution is 7.13. The van der Waals surface area contributed by atoms with Crippen LogP contribution in [0.2, 0.25) is 0 Å². The number of aromatic carboxylic acids is 1. The summed E-state index contributed by atoms with van der Waals surface area (Å²) in [7, 11) is 0. The van der Waals surface area contributed by atoms with Crippen molar-refractivity contribution in [2.75, 3.05) is 18.0 Å². The van der Waals surface area contributed by atoms with Crippen LogP contribution in [0.25, 0.3) is 32.8 Å². The molecule has 0 atom stereocenters. The normalized spacial score (nSPS) is 11.0. The van der Waals surface area contributed by atoms with Gasteiger partial charge in [0.1, 0.15) is 10.6 Å². The second kappa shape index (κ2) is 8.12. The molecule has 1 N–H and O–H groups in total. The molecule has 0 bridgehead atoms. The Hall–Kier alpha value is -3.45. The molecule has 0 saturated heterocycles. The van der Waals surface area contributed by atoms with Gasteiger partial charge < -0.3 is 14.4 Å². The van der Waals surface area contributed by atoms with Crippen LogP contribution in [0.4, 0.5) is 5.69 Å². The van der Waals surface area contributed by atoms with Gasteiger partial charge in [0.2, 0.25) is 0 Å². The van der Waals surface area contributed by atoms with E-state index in [9.17, 15) is 9.59 Å². The first-order valence-electron chi connectivity index (χ1n) is 9.62. The summed E-state index contributed by atoms with van der Waals surface area (Å²) in [6.45, 7) is 5.92. The summed E-state index contributed by atoms with van der Waals surface area (Å²) in [5.74, 6) is -0.974. The van der Waals surface area contributed by atoms with Crippen molar-refractivity contribution in [2.45, 2.75) is 13.8 Å². The number of rotatable bonds is 6. The van der Waals surface area contributed by atoms with Gasteiger partial charge in [-0.2, -0.15) is 0 Å². The first kappa shape index (κ1) is 19.8. The van der Waals surface area contributed by atoms with E-state index in [4.69, 9.17) is 9.52 Å². The minimum absolute atomic E-state index is 0.216. The number of aromatic nitrogens is 1. The number of benzene rings is 2. The summed E-state index contributed by atoms with van der Waals surface area (Å²) >= 11 is 1.35. The summed E-state index contributed by atoms with van der Waals surface area (Å²) < 4.78 is 5.60. The molecule has 6 nitrogen and oxygen atoms in total. The molecule has 2 heterocycles. The lowest BCUT2D eigenvalue weighted by molar-refractivity contribution is 0.0697. The van der Waals surface area contributed by atoms with Crippen LogP contribution in [0.1, 0.15) is 24.2 Å². The largest absolute Gasteiger partial charge is 0.478 e. The summed E-state index contributed by atoms with van der Waals surface area (Å²) in [6.07, 6.45) is 0. The lowest BCUT2D eigenvalue weighted by Crippen LogP contribution is -2.21. The molecule has 4 rings (SSSR count). The number of carboxylic acids is 1.